The summed E-state index contributed by atoms with van der Waals surface area (Å²) in [6.07, 6.45) is 0. The second-order valence-electron chi connectivity index (χ2n) is 29.1. The van der Waals surface area contributed by atoms with Gasteiger partial charge in [0, 0.05) is 61.4 Å². The number of benzene rings is 13. The van der Waals surface area contributed by atoms with Crippen molar-refractivity contribution in [2.45, 2.75) is 78.6 Å². The lowest BCUT2D eigenvalue weighted by molar-refractivity contribution is 0.569. The Morgan fingerprint density at radius 1 is 0.330 bits per heavy atom. The van der Waals surface area contributed by atoms with Crippen LogP contribution in [0.4, 0.5) is 34.1 Å². The van der Waals surface area contributed by atoms with Crippen molar-refractivity contribution in [1.82, 2.24) is 9.13 Å². The van der Waals surface area contributed by atoms with Crippen LogP contribution in [0.1, 0.15) is 95.5 Å². The second-order valence-corrected chi connectivity index (χ2v) is 29.1. The Morgan fingerprint density at radius 3 is 1.39 bits per heavy atom. The van der Waals surface area contributed by atoms with Crippen molar-refractivity contribution in [3.8, 4) is 62.0 Å². The van der Waals surface area contributed by atoms with Gasteiger partial charge in [0.05, 0.1) is 44.3 Å². The first-order chi connectivity index (χ1) is 50.3. The molecule has 13 aromatic carbocycles. The molecule has 0 bridgehead atoms. The van der Waals surface area contributed by atoms with E-state index < -0.39 is 48.4 Å². The molecule has 4 heterocycles. The Hall–Kier alpha value is -11.4. The summed E-state index contributed by atoms with van der Waals surface area (Å²) >= 11 is 0. The lowest BCUT2D eigenvalue weighted by Crippen LogP contribution is -2.61. The molecule has 2 aromatic heterocycles. The number of aromatic nitrogens is 2. The van der Waals surface area contributed by atoms with Crippen molar-refractivity contribution in [3.05, 3.63) is 307 Å². The largest absolute Gasteiger partial charge is 0.311 e. The van der Waals surface area contributed by atoms with Gasteiger partial charge in [-0.1, -0.05) is 256 Å². The van der Waals surface area contributed by atoms with E-state index in [1.807, 2.05) is 30.3 Å². The molecule has 15 aromatic rings. The minimum Gasteiger partial charge on any atom is -0.311 e. The first-order valence-corrected chi connectivity index (χ1v) is 33.4. The molecule has 0 atom stereocenters. The molecule has 466 valence electrons. The fourth-order valence-electron chi connectivity index (χ4n) is 15.0. The zero-order valence-corrected chi connectivity index (χ0v) is 55.8. The third-order valence-corrected chi connectivity index (χ3v) is 20.0. The molecule has 0 spiro atoms. The number of fused-ring (bicyclic) bond motifs is 10. The highest BCUT2D eigenvalue weighted by molar-refractivity contribution is 7.00. The van der Waals surface area contributed by atoms with E-state index in [2.05, 4.69) is 289 Å². The second kappa shape index (κ2) is 22.4. The van der Waals surface area contributed by atoms with Gasteiger partial charge >= 0.3 is 0 Å². The molecule has 0 aliphatic carbocycles. The van der Waals surface area contributed by atoms with Crippen LogP contribution in [0.25, 0.3) is 99.5 Å². The number of para-hydroxylation sites is 4. The molecular formula is C91H74BN5. The molecule has 97 heavy (non-hydrogen) atoms. The summed E-state index contributed by atoms with van der Waals surface area (Å²) in [5.41, 5.74) is 22.2. The number of hydrogen-bond acceptors (Lipinski definition) is 3. The van der Waals surface area contributed by atoms with Crippen molar-refractivity contribution >= 4 is 101 Å². The van der Waals surface area contributed by atoms with Gasteiger partial charge < -0.3 is 18.9 Å². The molecule has 2 aliphatic heterocycles. The molecule has 0 fully saturated rings. The smallest absolute Gasteiger partial charge is 0.252 e. The minimum atomic E-state index is -0.509. The summed E-state index contributed by atoms with van der Waals surface area (Å²) < 4.78 is 78.8. The number of nitrogens with zero attached hydrogens (tertiary/aromatic N) is 5. The van der Waals surface area contributed by atoms with Crippen LogP contribution in [-0.2, 0) is 16.2 Å². The Morgan fingerprint density at radius 2 is 0.794 bits per heavy atom. The summed E-state index contributed by atoms with van der Waals surface area (Å²) in [6, 6.07) is 83.0. The molecule has 0 unspecified atom stereocenters. The van der Waals surface area contributed by atoms with E-state index in [1.165, 1.54) is 11.1 Å². The zero-order valence-electron chi connectivity index (χ0n) is 63.8. The minimum absolute atomic E-state index is 0.00149. The third kappa shape index (κ3) is 9.81. The SMILES string of the molecule is [2H]c1c([2H])c([2H])c2c(c1[2H])c1c([2H])c([2H])c([2H])c([2H])c1n2-c1ccc2c(c1)N(c1cc(-c3ccccc3)cc(-c3ccccc3-c3ccccc3)c1)c1cc(C(C)(C)C)cc3c1B2c1ccc(-c2cc(C(C)(C)C)cc(C(C)(C)C)c2)cc1N3c1cc(-n2c3ccccc3c3ccccc32)ccc1C#N. The van der Waals surface area contributed by atoms with Crippen molar-refractivity contribution in [2.24, 2.45) is 0 Å². The third-order valence-electron chi connectivity index (χ3n) is 20.0. The highest BCUT2D eigenvalue weighted by Crippen LogP contribution is 2.51. The monoisotopic (exact) mass is 1260 g/mol. The quantitative estimate of drug-likeness (QED) is 0.142. The average Bonchev–Trinajstić information content (AvgIpc) is 1.55. The van der Waals surface area contributed by atoms with Crippen LogP contribution in [-0.4, -0.2) is 15.8 Å². The molecule has 0 radical (unpaired) electrons. The number of hydrogen-bond donors (Lipinski definition) is 0. The Bertz CT molecular complexity index is 6080. The van der Waals surface area contributed by atoms with Gasteiger partial charge in [-0.2, -0.15) is 5.26 Å². The maximum Gasteiger partial charge on any atom is 0.252 e. The van der Waals surface area contributed by atoms with E-state index in [9.17, 15) is 13.5 Å². The highest BCUT2D eigenvalue weighted by Gasteiger charge is 2.45. The van der Waals surface area contributed by atoms with E-state index >= 15 is 0 Å². The Labute approximate surface area is 580 Å². The molecule has 6 heteroatoms. The summed E-state index contributed by atoms with van der Waals surface area (Å²) in [6.45, 7) is 19.8. The highest BCUT2D eigenvalue weighted by atomic mass is 15.2. The molecule has 5 nitrogen and oxygen atoms in total. The van der Waals surface area contributed by atoms with Crippen LogP contribution in [0.5, 0.6) is 0 Å². The van der Waals surface area contributed by atoms with E-state index in [0.29, 0.717) is 16.9 Å². The summed E-state index contributed by atoms with van der Waals surface area (Å²) in [4.78, 5) is 4.70. The topological polar surface area (TPSA) is 40.1 Å². The van der Waals surface area contributed by atoms with Crippen LogP contribution in [0.2, 0.25) is 0 Å². The standard InChI is InChI=1S/C91H74BN5/c1-89(2,3)65-47-63(48-66(52-65)90(4,5)6)60-41-44-77-84(51-60)97(83-55-68(42-40-61(83)57-93)94-79-36-22-18-32-73(79)74-33-19-23-37-80(74)94)87-54-67(91(7,8)9)53-86-88(87)92(77)78-45-43-69(95-81-38-24-20-34-75(81)76-35-21-25-39-82(76)95)56-85(78)96(86)70-49-62(58-26-12-10-13-27-58)46-64(50-70)72-31-17-16-30-71(72)59-28-14-11-15-29-59/h10-56H,1-9H3/i20D,21D,24D,25D,34D,35D,38D,39D. The number of anilines is 6. The van der Waals surface area contributed by atoms with E-state index in [4.69, 9.17) is 2.74 Å². The molecule has 0 saturated carbocycles. The number of rotatable bonds is 8. The molecule has 0 saturated heterocycles. The lowest BCUT2D eigenvalue weighted by atomic mass is 9.33. The maximum absolute atomic E-state index is 11.8. The van der Waals surface area contributed by atoms with E-state index in [0.717, 1.165) is 122 Å². The summed E-state index contributed by atoms with van der Waals surface area (Å²) in [5.74, 6) is 0. The molecular weight excluding hydrogens is 1170 g/mol. The predicted molar refractivity (Wildman–Crippen MR) is 412 cm³/mol. The van der Waals surface area contributed by atoms with Gasteiger partial charge in [-0.15, -0.1) is 0 Å². The van der Waals surface area contributed by atoms with Gasteiger partial charge in [0.25, 0.3) is 6.71 Å². The van der Waals surface area contributed by atoms with Gasteiger partial charge in [0.1, 0.15) is 6.07 Å². The molecule has 0 amide bonds. The zero-order chi connectivity index (χ0) is 73.2. The fourth-order valence-corrected chi connectivity index (χ4v) is 15.0. The number of nitriles is 1. The Balaban J connectivity index is 1.03. The molecule has 2 aliphatic rings. The van der Waals surface area contributed by atoms with Crippen molar-refractivity contribution < 1.29 is 11.0 Å². The lowest BCUT2D eigenvalue weighted by Gasteiger charge is -2.45. The molecule has 17 rings (SSSR count). The van der Waals surface area contributed by atoms with Gasteiger partial charge in [-0.3, -0.25) is 0 Å². The summed E-state index contributed by atoms with van der Waals surface area (Å²) in [7, 11) is 0. The Kier molecular flexibility index (Phi) is 11.8. The van der Waals surface area contributed by atoms with Crippen molar-refractivity contribution in [2.75, 3.05) is 9.80 Å². The fraction of sp³-hybridized carbons (Fsp3) is 0.132. The summed E-state index contributed by atoms with van der Waals surface area (Å²) in [5, 5.41) is 14.1. The van der Waals surface area contributed by atoms with Gasteiger partial charge in [0.2, 0.25) is 0 Å². The first kappa shape index (κ1) is 51.0. The van der Waals surface area contributed by atoms with Crippen molar-refractivity contribution in [1.29, 1.82) is 5.26 Å². The van der Waals surface area contributed by atoms with Crippen LogP contribution >= 0.6 is 0 Å². The van der Waals surface area contributed by atoms with Crippen LogP contribution in [0.15, 0.2) is 285 Å². The maximum atomic E-state index is 11.8. The first-order valence-electron chi connectivity index (χ1n) is 37.4. The van der Waals surface area contributed by atoms with Crippen molar-refractivity contribution in [3.63, 3.8) is 0 Å². The average molecular weight is 1260 g/mol. The molecule has 0 N–H and O–H groups in total. The normalized spacial score (nSPS) is 14.1. The van der Waals surface area contributed by atoms with Crippen LogP contribution in [0, 0.1) is 11.3 Å². The predicted octanol–water partition coefficient (Wildman–Crippen LogP) is 22.4. The van der Waals surface area contributed by atoms with Gasteiger partial charge in [-0.05, 0) is 185 Å². The van der Waals surface area contributed by atoms with E-state index in [1.54, 1.807) is 4.57 Å². The van der Waals surface area contributed by atoms with Gasteiger partial charge in [-0.25, -0.2) is 0 Å². The van der Waals surface area contributed by atoms with Crippen LogP contribution in [0.3, 0.4) is 0 Å². The van der Waals surface area contributed by atoms with Crippen LogP contribution < -0.4 is 26.2 Å². The van der Waals surface area contributed by atoms with E-state index in [-0.39, 0.29) is 44.7 Å². The van der Waals surface area contributed by atoms with Gasteiger partial charge in [0.15, 0.2) is 0 Å².